The summed E-state index contributed by atoms with van der Waals surface area (Å²) in [5, 5.41) is 1.16. The second-order valence-electron chi connectivity index (χ2n) is 2.79. The van der Waals surface area contributed by atoms with Gasteiger partial charge in [0.25, 0.3) is 0 Å². The first-order valence-electron chi connectivity index (χ1n) is 4.15. The summed E-state index contributed by atoms with van der Waals surface area (Å²) in [5.41, 5.74) is 2.29. The van der Waals surface area contributed by atoms with Gasteiger partial charge in [-0.25, -0.2) is 0 Å². The predicted octanol–water partition coefficient (Wildman–Crippen LogP) is 2.60. The number of fused-ring (bicyclic) bond motifs is 1. The van der Waals surface area contributed by atoms with E-state index in [1.807, 2.05) is 18.3 Å². The zero-order valence-electron chi connectivity index (χ0n) is 7.04. The molecular weight excluding hydrogens is 146 g/mol. The van der Waals surface area contributed by atoms with Crippen LogP contribution in [0.25, 0.3) is 10.9 Å². The van der Waals surface area contributed by atoms with E-state index in [-0.39, 0.29) is 0 Å². The van der Waals surface area contributed by atoms with Crippen LogP contribution < -0.4 is 0 Å². The zero-order chi connectivity index (χ0) is 8.39. The van der Waals surface area contributed by atoms with Gasteiger partial charge in [-0.3, -0.25) is 4.98 Å². The first kappa shape index (κ1) is 7.29. The van der Waals surface area contributed by atoms with Crippen molar-refractivity contribution in [2.75, 3.05) is 0 Å². The summed E-state index contributed by atoms with van der Waals surface area (Å²) in [4.78, 5) is 4.27. The minimum atomic E-state index is 1.02. The van der Waals surface area contributed by atoms with Crippen molar-refractivity contribution < 1.29 is 0 Å². The molecule has 0 saturated heterocycles. The SMILES string of the molecule is CCc1[c]cc2cccnc2c1. The molecule has 0 unspecified atom stereocenters. The van der Waals surface area contributed by atoms with E-state index in [0.29, 0.717) is 0 Å². The van der Waals surface area contributed by atoms with Gasteiger partial charge in [0, 0.05) is 11.6 Å². The van der Waals surface area contributed by atoms with Crippen molar-refractivity contribution in [2.24, 2.45) is 0 Å². The minimum absolute atomic E-state index is 1.02. The normalized spacial score (nSPS) is 10.4. The number of pyridine rings is 1. The monoisotopic (exact) mass is 156 g/mol. The van der Waals surface area contributed by atoms with Gasteiger partial charge in [0.1, 0.15) is 0 Å². The molecule has 1 nitrogen and oxygen atoms in total. The van der Waals surface area contributed by atoms with Crippen LogP contribution in [0.5, 0.6) is 0 Å². The highest BCUT2D eigenvalue weighted by molar-refractivity contribution is 5.78. The molecule has 59 valence electrons. The Morgan fingerprint density at radius 1 is 1.50 bits per heavy atom. The summed E-state index contributed by atoms with van der Waals surface area (Å²) in [5.74, 6) is 0. The van der Waals surface area contributed by atoms with E-state index in [4.69, 9.17) is 0 Å². The largest absolute Gasteiger partial charge is 0.256 e. The van der Waals surface area contributed by atoms with Crippen LogP contribution in [0.3, 0.4) is 0 Å². The molecule has 1 heteroatoms. The maximum Gasteiger partial charge on any atom is 0.0705 e. The van der Waals surface area contributed by atoms with Gasteiger partial charge in [-0.1, -0.05) is 13.0 Å². The second kappa shape index (κ2) is 2.94. The Kier molecular flexibility index (Phi) is 1.78. The summed E-state index contributed by atoms with van der Waals surface area (Å²) >= 11 is 0. The van der Waals surface area contributed by atoms with E-state index >= 15 is 0 Å². The van der Waals surface area contributed by atoms with E-state index < -0.39 is 0 Å². The molecule has 0 spiro atoms. The number of benzene rings is 1. The molecule has 12 heavy (non-hydrogen) atoms. The molecule has 0 bridgehead atoms. The van der Waals surface area contributed by atoms with Gasteiger partial charge in [-0.05, 0) is 36.2 Å². The first-order chi connectivity index (χ1) is 5.90. The molecule has 1 radical (unpaired) electrons. The summed E-state index contributed by atoms with van der Waals surface area (Å²) in [6.45, 7) is 2.13. The number of aromatic nitrogens is 1. The van der Waals surface area contributed by atoms with Crippen LogP contribution in [0.15, 0.2) is 30.5 Å². The van der Waals surface area contributed by atoms with Crippen molar-refractivity contribution in [3.05, 3.63) is 42.1 Å². The molecule has 1 aromatic carbocycles. The fourth-order valence-electron chi connectivity index (χ4n) is 1.25. The standard InChI is InChI=1S/C11H10N/c1-2-9-5-6-10-4-3-7-12-11(10)8-9/h3-4,6-8H,2H2,1H3. The highest BCUT2D eigenvalue weighted by atomic mass is 14.6. The van der Waals surface area contributed by atoms with Crippen LogP contribution in [-0.4, -0.2) is 4.98 Å². The lowest BCUT2D eigenvalue weighted by Gasteiger charge is -1.98. The molecule has 0 atom stereocenters. The van der Waals surface area contributed by atoms with Crippen LogP contribution >= 0.6 is 0 Å². The number of rotatable bonds is 1. The smallest absolute Gasteiger partial charge is 0.0705 e. The van der Waals surface area contributed by atoms with Gasteiger partial charge in [0.05, 0.1) is 5.52 Å². The molecule has 0 aliphatic heterocycles. The van der Waals surface area contributed by atoms with Crippen molar-refractivity contribution in [1.29, 1.82) is 0 Å². The van der Waals surface area contributed by atoms with E-state index in [1.165, 1.54) is 5.56 Å². The van der Waals surface area contributed by atoms with Gasteiger partial charge in [-0.15, -0.1) is 0 Å². The number of hydrogen-bond donors (Lipinski definition) is 0. The second-order valence-corrected chi connectivity index (χ2v) is 2.79. The molecule has 0 aliphatic rings. The van der Waals surface area contributed by atoms with E-state index in [9.17, 15) is 0 Å². The van der Waals surface area contributed by atoms with Crippen LogP contribution in [0.1, 0.15) is 12.5 Å². The van der Waals surface area contributed by atoms with Crippen molar-refractivity contribution in [3.63, 3.8) is 0 Å². The lowest BCUT2D eigenvalue weighted by molar-refractivity contribution is 1.14. The molecule has 2 rings (SSSR count). The van der Waals surface area contributed by atoms with E-state index in [2.05, 4.69) is 30.1 Å². The average Bonchev–Trinajstić information content (AvgIpc) is 2.17. The third-order valence-corrected chi connectivity index (χ3v) is 1.98. The van der Waals surface area contributed by atoms with Gasteiger partial charge in [-0.2, -0.15) is 0 Å². The number of hydrogen-bond acceptors (Lipinski definition) is 1. The van der Waals surface area contributed by atoms with Crippen LogP contribution in [-0.2, 0) is 6.42 Å². The topological polar surface area (TPSA) is 12.9 Å². The predicted molar refractivity (Wildman–Crippen MR) is 50.0 cm³/mol. The molecule has 0 N–H and O–H groups in total. The van der Waals surface area contributed by atoms with Crippen LogP contribution in [0.2, 0.25) is 0 Å². The molecule has 1 aromatic heterocycles. The number of aryl methyl sites for hydroxylation is 1. The van der Waals surface area contributed by atoms with Crippen molar-refractivity contribution >= 4 is 10.9 Å². The fourth-order valence-corrected chi connectivity index (χ4v) is 1.25. The maximum absolute atomic E-state index is 4.27. The highest BCUT2D eigenvalue weighted by Gasteiger charge is 1.94. The molecule has 0 saturated carbocycles. The summed E-state index contributed by atoms with van der Waals surface area (Å²) in [6, 6.07) is 11.3. The Bertz CT molecular complexity index is 393. The van der Waals surface area contributed by atoms with E-state index in [1.54, 1.807) is 0 Å². The van der Waals surface area contributed by atoms with E-state index in [0.717, 1.165) is 17.3 Å². The van der Waals surface area contributed by atoms with Crippen molar-refractivity contribution in [2.45, 2.75) is 13.3 Å². The van der Waals surface area contributed by atoms with Crippen LogP contribution in [0, 0.1) is 6.07 Å². The highest BCUT2D eigenvalue weighted by Crippen LogP contribution is 2.12. The molecule has 0 aliphatic carbocycles. The number of nitrogens with zero attached hydrogens (tertiary/aromatic N) is 1. The Hall–Kier alpha value is -1.37. The molecular formula is C11H10N. The van der Waals surface area contributed by atoms with Gasteiger partial charge in [0.2, 0.25) is 0 Å². The Balaban J connectivity index is 2.67. The first-order valence-corrected chi connectivity index (χ1v) is 4.15. The van der Waals surface area contributed by atoms with Crippen molar-refractivity contribution in [3.8, 4) is 0 Å². The van der Waals surface area contributed by atoms with Gasteiger partial charge in [0.15, 0.2) is 0 Å². The Labute approximate surface area is 72.1 Å². The molecule has 0 fully saturated rings. The minimum Gasteiger partial charge on any atom is -0.256 e. The van der Waals surface area contributed by atoms with Gasteiger partial charge >= 0.3 is 0 Å². The molecule has 2 aromatic rings. The molecule has 0 amide bonds. The quantitative estimate of drug-likeness (QED) is 0.618. The summed E-state index contributed by atoms with van der Waals surface area (Å²) < 4.78 is 0. The van der Waals surface area contributed by atoms with Crippen molar-refractivity contribution in [1.82, 2.24) is 4.98 Å². The maximum atomic E-state index is 4.27. The third kappa shape index (κ3) is 1.18. The Morgan fingerprint density at radius 3 is 3.25 bits per heavy atom. The Morgan fingerprint density at radius 2 is 2.42 bits per heavy atom. The van der Waals surface area contributed by atoms with Gasteiger partial charge < -0.3 is 0 Å². The summed E-state index contributed by atoms with van der Waals surface area (Å²) in [6.07, 6.45) is 2.84. The molecule has 1 heterocycles. The summed E-state index contributed by atoms with van der Waals surface area (Å²) in [7, 11) is 0. The van der Waals surface area contributed by atoms with Crippen LogP contribution in [0.4, 0.5) is 0 Å². The third-order valence-electron chi connectivity index (χ3n) is 1.98. The average molecular weight is 156 g/mol. The lowest BCUT2D eigenvalue weighted by Crippen LogP contribution is -1.82. The fraction of sp³-hybridized carbons (Fsp3) is 0.182. The zero-order valence-corrected chi connectivity index (χ0v) is 7.04. The lowest BCUT2D eigenvalue weighted by atomic mass is 10.1.